The van der Waals surface area contributed by atoms with Crippen LogP contribution in [0.15, 0.2) is 34.9 Å². The van der Waals surface area contributed by atoms with Gasteiger partial charge in [-0.05, 0) is 0 Å². The monoisotopic (exact) mass is 318 g/mol. The molecule has 0 N–H and O–H groups in total. The van der Waals surface area contributed by atoms with Crippen molar-refractivity contribution in [3.8, 4) is 0 Å². The van der Waals surface area contributed by atoms with Gasteiger partial charge in [0.1, 0.15) is 0 Å². The zero-order valence-corrected chi connectivity index (χ0v) is 13.6. The molecule has 0 bridgehead atoms. The molecule has 0 aromatic rings. The Hall–Kier alpha value is -0.417. The molecule has 0 fully saturated rings. The van der Waals surface area contributed by atoms with E-state index in [9.17, 15) is 0 Å². The van der Waals surface area contributed by atoms with Crippen LogP contribution in [-0.2, 0) is 19.5 Å². The molecule has 0 heterocycles. The summed E-state index contributed by atoms with van der Waals surface area (Å²) in [4.78, 5) is 0. The third kappa shape index (κ3) is 11.8. The van der Waals surface area contributed by atoms with Crippen LogP contribution in [0.25, 0.3) is 0 Å². The minimum atomic E-state index is 0. The van der Waals surface area contributed by atoms with Crippen LogP contribution in [0.5, 0.6) is 0 Å². The van der Waals surface area contributed by atoms with Gasteiger partial charge in [-0.1, -0.05) is 53.4 Å². The van der Waals surface area contributed by atoms with E-state index in [1.807, 2.05) is 26.8 Å². The first kappa shape index (κ1) is 18.9. The molecule has 1 heteroatoms. The van der Waals surface area contributed by atoms with Gasteiger partial charge in [0.2, 0.25) is 0 Å². The van der Waals surface area contributed by atoms with Crippen LogP contribution in [0, 0.1) is 18.1 Å². The van der Waals surface area contributed by atoms with Crippen molar-refractivity contribution in [2.75, 3.05) is 0 Å². The van der Waals surface area contributed by atoms with Crippen molar-refractivity contribution in [3.63, 3.8) is 0 Å². The van der Waals surface area contributed by atoms with Crippen LogP contribution in [0.4, 0.5) is 0 Å². The van der Waals surface area contributed by atoms with Gasteiger partial charge in [0.15, 0.2) is 0 Å². The molecule has 1 aliphatic carbocycles. The van der Waals surface area contributed by atoms with E-state index in [-0.39, 0.29) is 24.9 Å². The van der Waals surface area contributed by atoms with E-state index in [2.05, 4.69) is 39.0 Å². The smallest absolute Gasteiger partial charge is 0.290 e. The van der Waals surface area contributed by atoms with Gasteiger partial charge in [-0.2, -0.15) is 11.6 Å². The fraction of sp³-hybridized carbons (Fsp3) is 0.500. The Morgan fingerprint density at radius 3 is 2.06 bits per heavy atom. The molecular weight excluding hydrogens is 293 g/mol. The zero-order chi connectivity index (χ0) is 12.8. The number of allylic oxidation sites excluding steroid dienone is 7. The van der Waals surface area contributed by atoms with Crippen molar-refractivity contribution in [2.45, 2.75) is 48.0 Å². The first-order chi connectivity index (χ1) is 7.23. The summed E-state index contributed by atoms with van der Waals surface area (Å²) in [5.74, 6) is 0. The topological polar surface area (TPSA) is 0 Å². The Labute approximate surface area is 120 Å². The van der Waals surface area contributed by atoms with Crippen LogP contribution in [0.3, 0.4) is 0 Å². The molecule has 1 aliphatic rings. The summed E-state index contributed by atoms with van der Waals surface area (Å²) in [6.07, 6.45) is 10.8. The average molecular weight is 317 g/mol. The van der Waals surface area contributed by atoms with Gasteiger partial charge in [0, 0.05) is 0 Å². The number of hydrogen-bond acceptors (Lipinski definition) is 0. The summed E-state index contributed by atoms with van der Waals surface area (Å²) in [6.45, 7) is 17.8. The minimum absolute atomic E-state index is 0. The summed E-state index contributed by atoms with van der Waals surface area (Å²) in [5, 5.41) is 0. The molecule has 0 spiro atoms. The summed E-state index contributed by atoms with van der Waals surface area (Å²) in [6, 6.07) is 0. The maximum atomic E-state index is 5.33. The third-order valence-electron chi connectivity index (χ3n) is 2.05. The van der Waals surface area contributed by atoms with E-state index >= 15 is 0 Å². The minimum Gasteiger partial charge on any atom is -0.290 e. The molecule has 17 heavy (non-hydrogen) atoms. The largest absolute Gasteiger partial charge is 2.00 e. The van der Waals surface area contributed by atoms with Crippen LogP contribution in [0.1, 0.15) is 48.0 Å². The van der Waals surface area contributed by atoms with Gasteiger partial charge in [0.25, 0.3) is 0 Å². The van der Waals surface area contributed by atoms with E-state index in [1.165, 1.54) is 11.1 Å². The predicted molar refractivity (Wildman–Crippen MR) is 72.9 cm³/mol. The molecule has 0 atom stereocenters. The molecule has 96 valence electrons. The summed E-state index contributed by atoms with van der Waals surface area (Å²) >= 11 is 0. The van der Waals surface area contributed by atoms with Crippen LogP contribution in [0.2, 0.25) is 0 Å². The molecule has 0 saturated heterocycles. The second-order valence-corrected chi connectivity index (χ2v) is 5.26. The summed E-state index contributed by atoms with van der Waals surface area (Å²) in [5.41, 5.74) is 3.67. The van der Waals surface area contributed by atoms with Crippen molar-refractivity contribution in [2.24, 2.45) is 5.41 Å². The van der Waals surface area contributed by atoms with Crippen LogP contribution >= 0.6 is 0 Å². The van der Waals surface area contributed by atoms with Crippen LogP contribution in [-0.4, -0.2) is 0 Å². The fourth-order valence-electron chi connectivity index (χ4n) is 1.61. The molecule has 0 aromatic heterocycles. The SMILES string of the molecule is CC1=[C-]C(C)(C)CC=C1.[CH-]=C(C)C=C(C)C.[Ru+2]. The second kappa shape index (κ2) is 8.64. The molecule has 0 nitrogen and oxygen atoms in total. The maximum absolute atomic E-state index is 5.33. The van der Waals surface area contributed by atoms with Gasteiger partial charge in [-0.25, -0.2) is 23.3 Å². The van der Waals surface area contributed by atoms with Gasteiger partial charge in [-0.15, -0.1) is 0 Å². The zero-order valence-electron chi connectivity index (χ0n) is 11.9. The van der Waals surface area contributed by atoms with Crippen molar-refractivity contribution in [3.05, 3.63) is 47.6 Å². The van der Waals surface area contributed by atoms with E-state index in [4.69, 9.17) is 6.58 Å². The van der Waals surface area contributed by atoms with Crippen molar-refractivity contribution < 1.29 is 19.5 Å². The Morgan fingerprint density at radius 2 is 1.88 bits per heavy atom. The normalized spacial score (nSPS) is 15.8. The fourth-order valence-corrected chi connectivity index (χ4v) is 1.61. The third-order valence-corrected chi connectivity index (χ3v) is 2.05. The first-order valence-corrected chi connectivity index (χ1v) is 5.75. The predicted octanol–water partition coefficient (Wildman–Crippen LogP) is 5.05. The average Bonchev–Trinajstić information content (AvgIpc) is 1.98. The van der Waals surface area contributed by atoms with Gasteiger partial charge in [0.05, 0.1) is 0 Å². The van der Waals surface area contributed by atoms with Crippen LogP contribution < -0.4 is 0 Å². The first-order valence-electron chi connectivity index (χ1n) is 5.75. The summed E-state index contributed by atoms with van der Waals surface area (Å²) < 4.78 is 0. The van der Waals surface area contributed by atoms with Gasteiger partial charge in [-0.3, -0.25) is 12.7 Å². The van der Waals surface area contributed by atoms with E-state index in [0.717, 1.165) is 12.0 Å². The second-order valence-electron chi connectivity index (χ2n) is 5.26. The van der Waals surface area contributed by atoms with E-state index in [1.54, 1.807) is 0 Å². The number of rotatable bonds is 1. The molecule has 0 aromatic carbocycles. The Bertz CT molecular complexity index is 323. The van der Waals surface area contributed by atoms with Crippen molar-refractivity contribution in [1.29, 1.82) is 0 Å². The Kier molecular flexibility index (Phi) is 9.63. The Balaban J connectivity index is 0. The molecule has 1 rings (SSSR count). The molecule has 0 unspecified atom stereocenters. The van der Waals surface area contributed by atoms with Gasteiger partial charge >= 0.3 is 19.5 Å². The van der Waals surface area contributed by atoms with E-state index in [0.29, 0.717) is 0 Å². The standard InChI is InChI=1S/C9H13.C7H11.Ru/c1-8-5-4-6-9(2,3)7-8;1-6(2)5-7(3)4;/h4-5H,6H2,1-3H3;1,5H,2-4H3;/q2*-1;+2. The molecule has 0 amide bonds. The van der Waals surface area contributed by atoms with Gasteiger partial charge < -0.3 is 0 Å². The molecule has 0 radical (unpaired) electrons. The molecular formula is C16H24Ru. The molecule has 0 saturated carbocycles. The summed E-state index contributed by atoms with van der Waals surface area (Å²) in [7, 11) is 0. The van der Waals surface area contributed by atoms with Crippen molar-refractivity contribution >= 4 is 0 Å². The quantitative estimate of drug-likeness (QED) is 0.360. The maximum Gasteiger partial charge on any atom is 2.00 e. The Morgan fingerprint density at radius 1 is 1.35 bits per heavy atom. The van der Waals surface area contributed by atoms with Crippen molar-refractivity contribution in [1.82, 2.24) is 0 Å². The van der Waals surface area contributed by atoms with E-state index < -0.39 is 0 Å². The molecule has 0 aliphatic heterocycles. The number of hydrogen-bond donors (Lipinski definition) is 0.